The molecule has 4 nitrogen and oxygen atoms in total. The molecule has 0 radical (unpaired) electrons. The maximum absolute atomic E-state index is 6.08. The van der Waals surface area contributed by atoms with Gasteiger partial charge < -0.3 is 15.8 Å². The normalized spacial score (nSPS) is 13.2. The van der Waals surface area contributed by atoms with Crippen molar-refractivity contribution in [2.24, 2.45) is 10.7 Å². The molecule has 1 aliphatic carbocycles. The summed E-state index contributed by atoms with van der Waals surface area (Å²) in [6, 6.07) is 14.7. The third-order valence-electron chi connectivity index (χ3n) is 4.52. The summed E-state index contributed by atoms with van der Waals surface area (Å²) in [4.78, 5) is 4.50. The van der Waals surface area contributed by atoms with E-state index in [1.165, 1.54) is 29.5 Å². The van der Waals surface area contributed by atoms with Crippen LogP contribution in [0.1, 0.15) is 42.0 Å². The number of hydrogen-bond acceptors (Lipinski definition) is 2. The van der Waals surface area contributed by atoms with Gasteiger partial charge in [0, 0.05) is 12.3 Å². The monoisotopic (exact) mass is 465 g/mol. The average molecular weight is 465 g/mol. The molecule has 1 aliphatic rings. The molecule has 0 aromatic heterocycles. The highest BCUT2D eigenvalue weighted by Gasteiger charge is 2.11. The van der Waals surface area contributed by atoms with Gasteiger partial charge in [-0.1, -0.05) is 37.3 Å². The molecule has 0 atom stereocenters. The third kappa shape index (κ3) is 5.71. The fourth-order valence-electron chi connectivity index (χ4n) is 3.19. The van der Waals surface area contributed by atoms with Crippen molar-refractivity contribution in [3.63, 3.8) is 0 Å². The number of hydrogen-bond donors (Lipinski definition) is 2. The van der Waals surface area contributed by atoms with Gasteiger partial charge in [-0.05, 0) is 60.1 Å². The summed E-state index contributed by atoms with van der Waals surface area (Å²) in [5.41, 5.74) is 12.3. The molecular formula is C21H28IN3O. The number of nitrogens with two attached hydrogens (primary N) is 1. The van der Waals surface area contributed by atoms with E-state index in [4.69, 9.17) is 10.5 Å². The summed E-state index contributed by atoms with van der Waals surface area (Å²) >= 11 is 0. The van der Waals surface area contributed by atoms with Gasteiger partial charge in [-0.25, -0.2) is 4.99 Å². The van der Waals surface area contributed by atoms with E-state index >= 15 is 0 Å². The number of rotatable bonds is 7. The standard InChI is InChI=1S/C21H27N3O.HI/c1-2-12-25-15-19-7-4-3-6-18(19)14-23-21(22)24-20-11-10-16-8-5-9-17(16)13-20;/h3-4,6-7,10-11,13H,2,5,8-9,12,14-15H2,1H3,(H3,22,23,24);1H. The molecule has 0 unspecified atom stereocenters. The molecule has 0 saturated carbocycles. The lowest BCUT2D eigenvalue weighted by Gasteiger charge is -2.10. The predicted octanol–water partition coefficient (Wildman–Crippen LogP) is 4.65. The lowest BCUT2D eigenvalue weighted by Crippen LogP contribution is -2.22. The van der Waals surface area contributed by atoms with E-state index in [1.54, 1.807) is 0 Å². The summed E-state index contributed by atoms with van der Waals surface area (Å²) in [7, 11) is 0. The minimum absolute atomic E-state index is 0. The number of nitrogens with zero attached hydrogens (tertiary/aromatic N) is 1. The Morgan fingerprint density at radius 1 is 1.12 bits per heavy atom. The van der Waals surface area contributed by atoms with Gasteiger partial charge in [0.25, 0.3) is 0 Å². The highest BCUT2D eigenvalue weighted by molar-refractivity contribution is 14.0. The molecule has 0 aliphatic heterocycles. The highest BCUT2D eigenvalue weighted by atomic mass is 127. The Bertz CT molecular complexity index is 746. The van der Waals surface area contributed by atoms with Crippen LogP contribution in [0.25, 0.3) is 0 Å². The van der Waals surface area contributed by atoms with Crippen molar-refractivity contribution < 1.29 is 4.74 Å². The SMILES string of the molecule is CCCOCc1ccccc1CN=C(N)Nc1ccc2c(c1)CCC2.I. The molecule has 140 valence electrons. The zero-order valence-electron chi connectivity index (χ0n) is 15.3. The van der Waals surface area contributed by atoms with Crippen LogP contribution < -0.4 is 11.1 Å². The Morgan fingerprint density at radius 2 is 1.88 bits per heavy atom. The van der Waals surface area contributed by atoms with Crippen LogP contribution in [0, 0.1) is 0 Å². The van der Waals surface area contributed by atoms with Crippen molar-refractivity contribution in [1.82, 2.24) is 0 Å². The molecule has 2 aromatic rings. The highest BCUT2D eigenvalue weighted by Crippen LogP contribution is 2.24. The van der Waals surface area contributed by atoms with Gasteiger partial charge in [-0.3, -0.25) is 0 Å². The Morgan fingerprint density at radius 3 is 2.69 bits per heavy atom. The first-order valence-corrected chi connectivity index (χ1v) is 9.09. The molecule has 0 amide bonds. The predicted molar refractivity (Wildman–Crippen MR) is 119 cm³/mol. The van der Waals surface area contributed by atoms with E-state index < -0.39 is 0 Å². The Labute approximate surface area is 173 Å². The van der Waals surface area contributed by atoms with Crippen molar-refractivity contribution in [3.05, 3.63) is 64.7 Å². The number of anilines is 1. The van der Waals surface area contributed by atoms with E-state index in [0.29, 0.717) is 19.1 Å². The number of ether oxygens (including phenoxy) is 1. The van der Waals surface area contributed by atoms with Gasteiger partial charge in [0.15, 0.2) is 5.96 Å². The minimum Gasteiger partial charge on any atom is -0.377 e. The summed E-state index contributed by atoms with van der Waals surface area (Å²) in [5.74, 6) is 0.447. The molecule has 0 fully saturated rings. The average Bonchev–Trinajstić information content (AvgIpc) is 3.09. The summed E-state index contributed by atoms with van der Waals surface area (Å²) in [6.07, 6.45) is 4.63. The fraction of sp³-hybridized carbons (Fsp3) is 0.381. The van der Waals surface area contributed by atoms with Crippen LogP contribution in [0.5, 0.6) is 0 Å². The summed E-state index contributed by atoms with van der Waals surface area (Å²) in [6.45, 7) is 4.06. The summed E-state index contributed by atoms with van der Waals surface area (Å²) < 4.78 is 5.66. The first-order valence-electron chi connectivity index (χ1n) is 9.09. The zero-order chi connectivity index (χ0) is 17.5. The number of aryl methyl sites for hydroxylation is 2. The number of aliphatic imine (C=N–C) groups is 1. The lowest BCUT2D eigenvalue weighted by atomic mass is 10.1. The van der Waals surface area contributed by atoms with E-state index in [1.807, 2.05) is 12.1 Å². The topological polar surface area (TPSA) is 59.6 Å². The van der Waals surface area contributed by atoms with Crippen molar-refractivity contribution >= 4 is 35.6 Å². The number of fused-ring (bicyclic) bond motifs is 1. The number of guanidine groups is 1. The van der Waals surface area contributed by atoms with Crippen LogP contribution in [0.4, 0.5) is 5.69 Å². The van der Waals surface area contributed by atoms with Gasteiger partial charge in [0.2, 0.25) is 0 Å². The zero-order valence-corrected chi connectivity index (χ0v) is 17.7. The fourth-order valence-corrected chi connectivity index (χ4v) is 3.19. The van der Waals surface area contributed by atoms with Crippen molar-refractivity contribution in [2.45, 2.75) is 45.8 Å². The second-order valence-electron chi connectivity index (χ2n) is 6.48. The second-order valence-corrected chi connectivity index (χ2v) is 6.48. The molecule has 3 N–H and O–H groups in total. The molecule has 5 heteroatoms. The molecule has 3 rings (SSSR count). The Hall–Kier alpha value is -1.60. The number of halogens is 1. The Balaban J connectivity index is 0.00000243. The van der Waals surface area contributed by atoms with E-state index in [9.17, 15) is 0 Å². The quantitative estimate of drug-likeness (QED) is 0.271. The summed E-state index contributed by atoms with van der Waals surface area (Å²) in [5, 5.41) is 3.21. The minimum atomic E-state index is 0. The van der Waals surface area contributed by atoms with Gasteiger partial charge in [-0.2, -0.15) is 0 Å². The van der Waals surface area contributed by atoms with Crippen molar-refractivity contribution in [3.8, 4) is 0 Å². The largest absolute Gasteiger partial charge is 0.377 e. The molecular weight excluding hydrogens is 437 g/mol. The van der Waals surface area contributed by atoms with E-state index in [0.717, 1.165) is 30.7 Å². The van der Waals surface area contributed by atoms with Gasteiger partial charge in [-0.15, -0.1) is 24.0 Å². The molecule has 26 heavy (non-hydrogen) atoms. The van der Waals surface area contributed by atoms with Gasteiger partial charge >= 0.3 is 0 Å². The molecule has 0 spiro atoms. The van der Waals surface area contributed by atoms with Crippen molar-refractivity contribution in [2.75, 3.05) is 11.9 Å². The first kappa shape index (κ1) is 20.7. The maximum Gasteiger partial charge on any atom is 0.193 e. The maximum atomic E-state index is 6.08. The molecule has 2 aromatic carbocycles. The first-order chi connectivity index (χ1) is 12.3. The third-order valence-corrected chi connectivity index (χ3v) is 4.52. The Kier molecular flexibility index (Phi) is 8.38. The van der Waals surface area contributed by atoms with Crippen LogP contribution in [-0.4, -0.2) is 12.6 Å². The smallest absolute Gasteiger partial charge is 0.193 e. The van der Waals surface area contributed by atoms with Gasteiger partial charge in [0.1, 0.15) is 0 Å². The number of nitrogens with one attached hydrogen (secondary N) is 1. The van der Waals surface area contributed by atoms with Crippen molar-refractivity contribution in [1.29, 1.82) is 0 Å². The van der Waals surface area contributed by atoms with Crippen LogP contribution in [0.2, 0.25) is 0 Å². The van der Waals surface area contributed by atoms with E-state index in [-0.39, 0.29) is 24.0 Å². The molecule has 0 heterocycles. The van der Waals surface area contributed by atoms with Crippen LogP contribution in [0.15, 0.2) is 47.5 Å². The van der Waals surface area contributed by atoms with Crippen LogP contribution in [-0.2, 0) is 30.7 Å². The molecule has 0 saturated heterocycles. The number of benzene rings is 2. The second kappa shape index (κ2) is 10.5. The van der Waals surface area contributed by atoms with E-state index in [2.05, 4.69) is 47.6 Å². The lowest BCUT2D eigenvalue weighted by molar-refractivity contribution is 0.121. The van der Waals surface area contributed by atoms with Gasteiger partial charge in [0.05, 0.1) is 13.2 Å². The van der Waals surface area contributed by atoms with Crippen LogP contribution in [0.3, 0.4) is 0 Å². The van der Waals surface area contributed by atoms with Crippen LogP contribution >= 0.6 is 24.0 Å². The molecule has 0 bridgehead atoms.